The van der Waals surface area contributed by atoms with Crippen LogP contribution in [0.1, 0.15) is 61.1 Å². The van der Waals surface area contributed by atoms with Crippen molar-refractivity contribution in [2.75, 3.05) is 11.5 Å². The molecule has 2 amide bonds. The van der Waals surface area contributed by atoms with E-state index in [9.17, 15) is 9.59 Å². The van der Waals surface area contributed by atoms with Gasteiger partial charge in [0.25, 0.3) is 5.91 Å². The van der Waals surface area contributed by atoms with Gasteiger partial charge in [-0.15, -0.1) is 0 Å². The lowest BCUT2D eigenvalue weighted by Gasteiger charge is -2.33. The molecule has 2 heterocycles. The first kappa shape index (κ1) is 25.3. The van der Waals surface area contributed by atoms with Crippen LogP contribution in [0.4, 0.5) is 5.69 Å². The number of hydrogen-bond donors (Lipinski definition) is 1. The number of amides is 2. The molecule has 0 saturated heterocycles. The zero-order valence-corrected chi connectivity index (χ0v) is 21.4. The molecule has 5 rings (SSSR count). The van der Waals surface area contributed by atoms with Crippen molar-refractivity contribution in [2.45, 2.75) is 51.1 Å². The molecule has 38 heavy (non-hydrogen) atoms. The van der Waals surface area contributed by atoms with E-state index in [0.29, 0.717) is 23.6 Å². The van der Waals surface area contributed by atoms with Gasteiger partial charge in [0.2, 0.25) is 5.91 Å². The average molecular weight is 510 g/mol. The Morgan fingerprint density at radius 3 is 2.53 bits per heavy atom. The van der Waals surface area contributed by atoms with Gasteiger partial charge in [-0.05, 0) is 49.6 Å². The van der Waals surface area contributed by atoms with E-state index in [1.807, 2.05) is 61.5 Å². The van der Waals surface area contributed by atoms with Crippen molar-refractivity contribution in [3.63, 3.8) is 0 Å². The van der Waals surface area contributed by atoms with Crippen molar-refractivity contribution in [1.29, 1.82) is 0 Å². The van der Waals surface area contributed by atoms with Gasteiger partial charge in [0.1, 0.15) is 17.5 Å². The number of nitrogens with zero attached hydrogens (tertiary/aromatic N) is 4. The molecular weight excluding hydrogens is 478 g/mol. The van der Waals surface area contributed by atoms with Crippen LogP contribution in [0.25, 0.3) is 10.9 Å². The number of para-hydroxylation sites is 1. The van der Waals surface area contributed by atoms with Crippen molar-refractivity contribution in [1.82, 2.24) is 20.3 Å². The van der Waals surface area contributed by atoms with Crippen molar-refractivity contribution < 1.29 is 14.3 Å². The van der Waals surface area contributed by atoms with Gasteiger partial charge >= 0.3 is 0 Å². The quantitative estimate of drug-likeness (QED) is 0.348. The lowest BCUT2D eigenvalue weighted by molar-refractivity contribution is -0.123. The maximum absolute atomic E-state index is 14.1. The highest BCUT2D eigenvalue weighted by Crippen LogP contribution is 2.32. The molecule has 0 spiro atoms. The van der Waals surface area contributed by atoms with Crippen LogP contribution in [0.3, 0.4) is 0 Å². The molecule has 1 N–H and O–H groups in total. The van der Waals surface area contributed by atoms with E-state index < -0.39 is 11.9 Å². The number of benzene rings is 2. The van der Waals surface area contributed by atoms with Crippen molar-refractivity contribution in [3.8, 4) is 5.75 Å². The zero-order chi connectivity index (χ0) is 26.3. The molecule has 0 bridgehead atoms. The number of carbonyl (C=O) groups is 2. The third-order valence-electron chi connectivity index (χ3n) is 6.82. The van der Waals surface area contributed by atoms with Gasteiger partial charge in [-0.1, -0.05) is 49.6 Å². The highest BCUT2D eigenvalue weighted by Gasteiger charge is 2.35. The summed E-state index contributed by atoms with van der Waals surface area (Å²) < 4.78 is 5.62. The number of rotatable bonds is 8. The molecule has 0 radical (unpaired) electrons. The van der Waals surface area contributed by atoms with Gasteiger partial charge in [-0.2, -0.15) is 0 Å². The molecule has 1 unspecified atom stereocenters. The molecule has 1 saturated carbocycles. The van der Waals surface area contributed by atoms with Crippen LogP contribution in [0.2, 0.25) is 0 Å². The topological polar surface area (TPSA) is 97.3 Å². The van der Waals surface area contributed by atoms with E-state index in [1.165, 1.54) is 29.9 Å². The monoisotopic (exact) mass is 509 g/mol. The largest absolute Gasteiger partial charge is 0.494 e. The van der Waals surface area contributed by atoms with E-state index in [1.54, 1.807) is 6.20 Å². The minimum absolute atomic E-state index is 0.0737. The van der Waals surface area contributed by atoms with Crippen LogP contribution in [-0.2, 0) is 4.79 Å². The zero-order valence-electron chi connectivity index (χ0n) is 21.4. The van der Waals surface area contributed by atoms with Crippen LogP contribution >= 0.6 is 0 Å². The minimum atomic E-state index is -0.954. The van der Waals surface area contributed by atoms with Crippen LogP contribution in [-0.4, -0.2) is 39.4 Å². The normalized spacial score (nSPS) is 14.6. The van der Waals surface area contributed by atoms with Crippen molar-refractivity contribution >= 4 is 28.4 Å². The SMILES string of the molecule is CCOc1ccc(C(C(=O)NC2CCCCC2)N(C(=O)c2cnccn2)c2cnc3ccccc3c2)cc1. The van der Waals surface area contributed by atoms with Gasteiger partial charge in [-0.25, -0.2) is 4.98 Å². The number of anilines is 1. The maximum atomic E-state index is 14.1. The van der Waals surface area contributed by atoms with Crippen LogP contribution in [0, 0.1) is 0 Å². The predicted molar refractivity (Wildman–Crippen MR) is 146 cm³/mol. The summed E-state index contributed by atoms with van der Waals surface area (Å²) in [4.78, 5) is 42.5. The molecule has 2 aromatic heterocycles. The average Bonchev–Trinajstić information content (AvgIpc) is 2.97. The second-order valence-electron chi connectivity index (χ2n) is 9.40. The van der Waals surface area contributed by atoms with Gasteiger partial charge < -0.3 is 10.1 Å². The smallest absolute Gasteiger partial charge is 0.279 e. The molecule has 1 aliphatic carbocycles. The Bertz CT molecular complexity index is 1390. The number of carbonyl (C=O) groups excluding carboxylic acids is 2. The molecule has 1 atom stereocenters. The Labute approximate surface area is 222 Å². The summed E-state index contributed by atoms with van der Waals surface area (Å²) in [6, 6.07) is 16.0. The summed E-state index contributed by atoms with van der Waals surface area (Å²) in [7, 11) is 0. The fourth-order valence-electron chi connectivity index (χ4n) is 4.97. The molecule has 0 aliphatic heterocycles. The predicted octanol–water partition coefficient (Wildman–Crippen LogP) is 5.26. The highest BCUT2D eigenvalue weighted by atomic mass is 16.5. The first-order valence-corrected chi connectivity index (χ1v) is 13.1. The summed E-state index contributed by atoms with van der Waals surface area (Å²) in [5.74, 6) is 0.0150. The maximum Gasteiger partial charge on any atom is 0.279 e. The highest BCUT2D eigenvalue weighted by molar-refractivity contribution is 6.09. The molecule has 8 heteroatoms. The lowest BCUT2D eigenvalue weighted by atomic mass is 9.94. The number of pyridine rings is 1. The Balaban J connectivity index is 1.62. The van der Waals surface area contributed by atoms with E-state index in [4.69, 9.17) is 4.74 Å². The lowest BCUT2D eigenvalue weighted by Crippen LogP contribution is -2.47. The second-order valence-corrected chi connectivity index (χ2v) is 9.40. The molecule has 8 nitrogen and oxygen atoms in total. The van der Waals surface area contributed by atoms with E-state index in [2.05, 4.69) is 20.3 Å². The number of hydrogen-bond acceptors (Lipinski definition) is 6. The third-order valence-corrected chi connectivity index (χ3v) is 6.82. The Kier molecular flexibility index (Phi) is 7.87. The van der Waals surface area contributed by atoms with E-state index in [0.717, 1.165) is 36.6 Å². The Hall–Kier alpha value is -4.33. The fourth-order valence-corrected chi connectivity index (χ4v) is 4.97. The summed E-state index contributed by atoms with van der Waals surface area (Å²) in [5, 5.41) is 4.09. The van der Waals surface area contributed by atoms with Crippen molar-refractivity contribution in [2.24, 2.45) is 0 Å². The van der Waals surface area contributed by atoms with Gasteiger partial charge in [0, 0.05) is 23.8 Å². The van der Waals surface area contributed by atoms with E-state index >= 15 is 0 Å². The minimum Gasteiger partial charge on any atom is -0.494 e. The summed E-state index contributed by atoms with van der Waals surface area (Å²) >= 11 is 0. The molecule has 194 valence electrons. The number of aromatic nitrogens is 3. The summed E-state index contributed by atoms with van der Waals surface area (Å²) in [6.45, 7) is 2.45. The Morgan fingerprint density at radius 1 is 1.00 bits per heavy atom. The number of ether oxygens (including phenoxy) is 1. The van der Waals surface area contributed by atoms with E-state index in [-0.39, 0.29) is 17.6 Å². The first-order valence-electron chi connectivity index (χ1n) is 13.1. The number of nitrogens with one attached hydrogen (secondary N) is 1. The fraction of sp³-hybridized carbons (Fsp3) is 0.300. The summed E-state index contributed by atoms with van der Waals surface area (Å²) in [6.07, 6.45) is 11.2. The van der Waals surface area contributed by atoms with Crippen LogP contribution < -0.4 is 15.0 Å². The van der Waals surface area contributed by atoms with Crippen LogP contribution in [0.5, 0.6) is 5.75 Å². The summed E-state index contributed by atoms with van der Waals surface area (Å²) in [5.41, 5.74) is 2.10. The molecule has 1 aliphatic rings. The number of fused-ring (bicyclic) bond motifs is 1. The molecule has 2 aromatic carbocycles. The van der Waals surface area contributed by atoms with Gasteiger partial charge in [0.05, 0.1) is 30.2 Å². The third kappa shape index (κ3) is 5.64. The molecular formula is C30H31N5O3. The molecule has 1 fully saturated rings. The molecule has 4 aromatic rings. The first-order chi connectivity index (χ1) is 18.6. The standard InChI is InChI=1S/C30H31N5O3/c1-2-38-25-14-12-21(13-15-25)28(29(36)34-23-9-4-3-5-10-23)35(30(37)27-20-31-16-17-32-27)24-18-22-8-6-7-11-26(22)33-19-24/h6-8,11-20,23,28H,2-5,9-10H2,1H3,(H,34,36). The van der Waals surface area contributed by atoms with Crippen LogP contribution in [0.15, 0.2) is 79.4 Å². The van der Waals surface area contributed by atoms with Gasteiger partial charge in [-0.3, -0.25) is 24.5 Å². The van der Waals surface area contributed by atoms with Crippen molar-refractivity contribution in [3.05, 3.63) is 90.6 Å². The Morgan fingerprint density at radius 2 is 1.79 bits per heavy atom. The second kappa shape index (κ2) is 11.8. The van der Waals surface area contributed by atoms with Gasteiger partial charge in [0.15, 0.2) is 0 Å².